The molecule has 0 atom stereocenters. The number of benzene rings is 2. The zero-order valence-electron chi connectivity index (χ0n) is 14.0. The molecule has 0 radical (unpaired) electrons. The highest BCUT2D eigenvalue weighted by molar-refractivity contribution is 7.97. The standard InChI is InChI=1S/C20H18N4OS/c25-20(24-26-15-17-5-4-12-21-13-17)23-22-14-16-8-10-19(11-9-16)18-6-2-1-3-7-18/h1-14H,15H2,(H2,23,24,25)/b22-14+. The van der Waals surface area contributed by atoms with Crippen molar-refractivity contribution in [2.24, 2.45) is 5.10 Å². The summed E-state index contributed by atoms with van der Waals surface area (Å²) >= 11 is 1.28. The number of rotatable bonds is 6. The second-order valence-corrected chi connectivity index (χ2v) is 6.22. The monoisotopic (exact) mass is 362 g/mol. The van der Waals surface area contributed by atoms with Gasteiger partial charge in [-0.05, 0) is 40.3 Å². The van der Waals surface area contributed by atoms with Crippen molar-refractivity contribution in [1.82, 2.24) is 15.1 Å². The molecule has 3 rings (SSSR count). The zero-order valence-corrected chi connectivity index (χ0v) is 14.8. The van der Waals surface area contributed by atoms with Crippen molar-refractivity contribution < 1.29 is 4.79 Å². The summed E-state index contributed by atoms with van der Waals surface area (Å²) in [6.45, 7) is 0. The van der Waals surface area contributed by atoms with Crippen molar-refractivity contribution in [3.05, 3.63) is 90.3 Å². The summed E-state index contributed by atoms with van der Waals surface area (Å²) in [6.07, 6.45) is 5.10. The van der Waals surface area contributed by atoms with Gasteiger partial charge in [0.1, 0.15) is 0 Å². The molecule has 5 nitrogen and oxygen atoms in total. The lowest BCUT2D eigenvalue weighted by atomic mass is 10.0. The third-order valence-corrected chi connectivity index (χ3v) is 4.33. The maximum Gasteiger partial charge on any atom is 0.345 e. The Bertz CT molecular complexity index is 852. The lowest BCUT2D eigenvalue weighted by molar-refractivity contribution is 0.247. The molecule has 2 aromatic carbocycles. The molecule has 0 aliphatic heterocycles. The summed E-state index contributed by atoms with van der Waals surface area (Å²) in [5.74, 6) is 0.645. The van der Waals surface area contributed by atoms with Crippen LogP contribution in [-0.2, 0) is 5.75 Å². The molecule has 3 aromatic rings. The molecule has 0 aliphatic carbocycles. The molecule has 1 heterocycles. The summed E-state index contributed by atoms with van der Waals surface area (Å²) in [5.41, 5.74) is 6.70. The molecule has 130 valence electrons. The van der Waals surface area contributed by atoms with Crippen LogP contribution in [0.5, 0.6) is 0 Å². The molecule has 6 heteroatoms. The molecule has 0 spiro atoms. The molecule has 1 aromatic heterocycles. The third kappa shape index (κ3) is 5.46. The van der Waals surface area contributed by atoms with E-state index in [4.69, 9.17) is 0 Å². The molecule has 0 bridgehead atoms. The number of amides is 2. The van der Waals surface area contributed by atoms with E-state index in [1.807, 2.05) is 54.6 Å². The first kappa shape index (κ1) is 17.7. The van der Waals surface area contributed by atoms with E-state index in [1.165, 1.54) is 17.5 Å². The fourth-order valence-corrected chi connectivity index (χ4v) is 2.84. The summed E-state index contributed by atoms with van der Waals surface area (Å²) in [4.78, 5) is 15.7. The van der Waals surface area contributed by atoms with Crippen LogP contribution in [0, 0.1) is 0 Å². The van der Waals surface area contributed by atoms with Gasteiger partial charge in [-0.1, -0.05) is 60.7 Å². The Hall–Kier alpha value is -3.12. The van der Waals surface area contributed by atoms with Crippen LogP contribution in [0.3, 0.4) is 0 Å². The van der Waals surface area contributed by atoms with E-state index in [0.29, 0.717) is 5.75 Å². The third-order valence-electron chi connectivity index (χ3n) is 3.52. The van der Waals surface area contributed by atoms with Gasteiger partial charge in [-0.3, -0.25) is 9.71 Å². The van der Waals surface area contributed by atoms with Gasteiger partial charge in [-0.15, -0.1) is 0 Å². The van der Waals surface area contributed by atoms with Crippen molar-refractivity contribution >= 4 is 24.2 Å². The van der Waals surface area contributed by atoms with Gasteiger partial charge in [0, 0.05) is 18.1 Å². The minimum atomic E-state index is -0.365. The number of hydrogen-bond donors (Lipinski definition) is 2. The van der Waals surface area contributed by atoms with E-state index in [2.05, 4.69) is 32.4 Å². The number of carbonyl (C=O) groups is 1. The molecule has 0 fully saturated rings. The highest BCUT2D eigenvalue weighted by Crippen LogP contribution is 2.18. The highest BCUT2D eigenvalue weighted by Gasteiger charge is 1.99. The van der Waals surface area contributed by atoms with E-state index in [0.717, 1.165) is 16.7 Å². The minimum absolute atomic E-state index is 0.365. The molecular formula is C20H18N4OS. The molecular weight excluding hydrogens is 344 g/mol. The van der Waals surface area contributed by atoms with E-state index < -0.39 is 0 Å². The topological polar surface area (TPSA) is 66.4 Å². The zero-order chi connectivity index (χ0) is 18.0. The van der Waals surface area contributed by atoms with Crippen molar-refractivity contribution in [2.75, 3.05) is 0 Å². The SMILES string of the molecule is O=C(N/N=C/c1ccc(-c2ccccc2)cc1)NSCc1cccnc1. The lowest BCUT2D eigenvalue weighted by Gasteiger charge is -2.03. The Labute approximate surface area is 156 Å². The second-order valence-electron chi connectivity index (χ2n) is 5.44. The Kier molecular flexibility index (Phi) is 6.39. The number of nitrogens with one attached hydrogen (secondary N) is 2. The van der Waals surface area contributed by atoms with Crippen LogP contribution >= 0.6 is 11.9 Å². The molecule has 2 N–H and O–H groups in total. The number of urea groups is 1. The fraction of sp³-hybridized carbons (Fsp3) is 0.0500. The van der Waals surface area contributed by atoms with Crippen LogP contribution in [-0.4, -0.2) is 17.2 Å². The Morgan fingerprint density at radius 3 is 2.50 bits per heavy atom. The van der Waals surface area contributed by atoms with Gasteiger partial charge in [0.05, 0.1) is 6.21 Å². The Balaban J connectivity index is 1.44. The van der Waals surface area contributed by atoms with Gasteiger partial charge in [0.25, 0.3) is 0 Å². The normalized spacial score (nSPS) is 10.6. The summed E-state index contributed by atoms with van der Waals surface area (Å²) in [6, 6.07) is 21.6. The van der Waals surface area contributed by atoms with Gasteiger partial charge in [0.2, 0.25) is 0 Å². The molecule has 2 amide bonds. The number of nitrogens with zero attached hydrogens (tertiary/aromatic N) is 2. The number of hydrazone groups is 1. The fourth-order valence-electron chi connectivity index (χ4n) is 2.25. The van der Waals surface area contributed by atoms with Crippen LogP contribution in [0.1, 0.15) is 11.1 Å². The van der Waals surface area contributed by atoms with Gasteiger partial charge in [-0.25, -0.2) is 10.2 Å². The van der Waals surface area contributed by atoms with E-state index in [-0.39, 0.29) is 6.03 Å². The predicted octanol–water partition coefficient (Wildman–Crippen LogP) is 4.23. The van der Waals surface area contributed by atoms with Crippen LogP contribution in [0.15, 0.2) is 84.2 Å². The number of aromatic nitrogens is 1. The number of hydrogen-bond acceptors (Lipinski definition) is 4. The second kappa shape index (κ2) is 9.39. The average Bonchev–Trinajstić information content (AvgIpc) is 2.70. The average molecular weight is 362 g/mol. The maximum atomic E-state index is 11.7. The molecule has 0 unspecified atom stereocenters. The van der Waals surface area contributed by atoms with Crippen LogP contribution in [0.4, 0.5) is 4.79 Å². The van der Waals surface area contributed by atoms with Gasteiger partial charge in [0.15, 0.2) is 0 Å². The van der Waals surface area contributed by atoms with Crippen molar-refractivity contribution in [3.8, 4) is 11.1 Å². The summed E-state index contributed by atoms with van der Waals surface area (Å²) in [7, 11) is 0. The lowest BCUT2D eigenvalue weighted by Crippen LogP contribution is -2.27. The van der Waals surface area contributed by atoms with Crippen molar-refractivity contribution in [1.29, 1.82) is 0 Å². The first-order chi connectivity index (χ1) is 12.8. The molecule has 0 saturated heterocycles. The maximum absolute atomic E-state index is 11.7. The van der Waals surface area contributed by atoms with Crippen LogP contribution in [0.25, 0.3) is 11.1 Å². The van der Waals surface area contributed by atoms with Gasteiger partial charge in [-0.2, -0.15) is 5.10 Å². The quantitative estimate of drug-likeness (QED) is 0.392. The Morgan fingerprint density at radius 2 is 1.77 bits per heavy atom. The summed E-state index contributed by atoms with van der Waals surface area (Å²) in [5, 5.41) is 3.96. The summed E-state index contributed by atoms with van der Waals surface area (Å²) < 4.78 is 2.67. The van der Waals surface area contributed by atoms with Crippen molar-refractivity contribution in [2.45, 2.75) is 5.75 Å². The Morgan fingerprint density at radius 1 is 1.00 bits per heavy atom. The van der Waals surface area contributed by atoms with E-state index in [9.17, 15) is 4.79 Å². The minimum Gasteiger partial charge on any atom is -0.280 e. The van der Waals surface area contributed by atoms with Crippen molar-refractivity contribution in [3.63, 3.8) is 0 Å². The predicted molar refractivity (Wildman–Crippen MR) is 107 cm³/mol. The smallest absolute Gasteiger partial charge is 0.280 e. The van der Waals surface area contributed by atoms with Crippen LogP contribution < -0.4 is 10.1 Å². The molecule has 26 heavy (non-hydrogen) atoms. The largest absolute Gasteiger partial charge is 0.345 e. The van der Waals surface area contributed by atoms with Gasteiger partial charge >= 0.3 is 6.03 Å². The van der Waals surface area contributed by atoms with Crippen LogP contribution in [0.2, 0.25) is 0 Å². The molecule has 0 aliphatic rings. The van der Waals surface area contributed by atoms with E-state index in [1.54, 1.807) is 18.6 Å². The van der Waals surface area contributed by atoms with Gasteiger partial charge < -0.3 is 0 Å². The first-order valence-electron chi connectivity index (χ1n) is 8.06. The molecule has 0 saturated carbocycles. The first-order valence-corrected chi connectivity index (χ1v) is 9.05. The number of pyridine rings is 1. The van der Waals surface area contributed by atoms with E-state index >= 15 is 0 Å². The highest BCUT2D eigenvalue weighted by atomic mass is 32.2. The number of carbonyl (C=O) groups excluding carboxylic acids is 1.